The Bertz CT molecular complexity index is 842. The summed E-state index contributed by atoms with van der Waals surface area (Å²) in [6, 6.07) is 7.10. The minimum atomic E-state index is -2.25. The molecule has 1 aliphatic heterocycles. The van der Waals surface area contributed by atoms with Crippen molar-refractivity contribution in [3.63, 3.8) is 0 Å². The molecule has 2 rings (SSSR count). The lowest BCUT2D eigenvalue weighted by atomic mass is 10.1. The number of imide groups is 1. The SMILES string of the molecule is CC(C)(C)OC(=O)N1C(=O)[C@H](OC(=O)c2ccccc2)[C@H](O)[C@H]1CO[Si](C)(C)C(C)(C)C. The molecule has 0 bridgehead atoms. The molecule has 32 heavy (non-hydrogen) atoms. The summed E-state index contributed by atoms with van der Waals surface area (Å²) < 4.78 is 16.9. The fourth-order valence-electron chi connectivity index (χ4n) is 2.90. The lowest BCUT2D eigenvalue weighted by Gasteiger charge is -2.38. The monoisotopic (exact) mass is 465 g/mol. The summed E-state index contributed by atoms with van der Waals surface area (Å²) in [4.78, 5) is 39.3. The van der Waals surface area contributed by atoms with E-state index in [0.717, 1.165) is 4.90 Å². The third-order valence-corrected chi connectivity index (χ3v) is 10.3. The summed E-state index contributed by atoms with van der Waals surface area (Å²) in [5.74, 6) is -1.60. The van der Waals surface area contributed by atoms with Gasteiger partial charge in [0.15, 0.2) is 8.32 Å². The molecule has 1 heterocycles. The van der Waals surface area contributed by atoms with Gasteiger partial charge in [-0.05, 0) is 51.0 Å². The highest BCUT2D eigenvalue weighted by molar-refractivity contribution is 6.74. The Labute approximate surface area is 191 Å². The molecule has 8 nitrogen and oxygen atoms in total. The Morgan fingerprint density at radius 3 is 2.12 bits per heavy atom. The number of aliphatic hydroxyl groups excluding tert-OH is 1. The van der Waals surface area contributed by atoms with E-state index in [1.165, 1.54) is 12.1 Å². The van der Waals surface area contributed by atoms with Gasteiger partial charge in [0.25, 0.3) is 5.91 Å². The van der Waals surface area contributed by atoms with Gasteiger partial charge >= 0.3 is 12.1 Å². The lowest BCUT2D eigenvalue weighted by molar-refractivity contribution is -0.136. The van der Waals surface area contributed by atoms with Crippen LogP contribution in [-0.4, -0.2) is 66.8 Å². The van der Waals surface area contributed by atoms with Crippen molar-refractivity contribution in [1.82, 2.24) is 4.90 Å². The van der Waals surface area contributed by atoms with Gasteiger partial charge in [-0.15, -0.1) is 0 Å². The average molecular weight is 466 g/mol. The molecule has 1 saturated heterocycles. The van der Waals surface area contributed by atoms with E-state index in [-0.39, 0.29) is 17.2 Å². The van der Waals surface area contributed by atoms with Crippen LogP contribution < -0.4 is 0 Å². The number of hydrogen-bond donors (Lipinski definition) is 1. The van der Waals surface area contributed by atoms with E-state index >= 15 is 0 Å². The van der Waals surface area contributed by atoms with Gasteiger partial charge in [0.1, 0.15) is 11.7 Å². The second-order valence-corrected chi connectivity index (χ2v) is 15.3. The standard InChI is InChI=1S/C23H35NO7Si/c1-22(2,3)31-21(28)24-16(14-29-32(7,8)23(4,5)6)17(25)18(19(24)26)30-20(27)15-12-10-9-11-13-15/h9-13,16-18,25H,14H2,1-8H3/t16-,17-,18-/m1/s1. The zero-order valence-electron chi connectivity index (χ0n) is 20.2. The van der Waals surface area contributed by atoms with Gasteiger partial charge in [0.2, 0.25) is 6.10 Å². The third-order valence-electron chi connectivity index (χ3n) is 5.77. The molecule has 1 N–H and O–H groups in total. The zero-order chi connectivity index (χ0) is 24.5. The molecule has 0 unspecified atom stereocenters. The van der Waals surface area contributed by atoms with Gasteiger partial charge < -0.3 is 19.0 Å². The molecule has 0 radical (unpaired) electrons. The Balaban J connectivity index is 2.29. The van der Waals surface area contributed by atoms with Crippen molar-refractivity contribution < 1.29 is 33.4 Å². The van der Waals surface area contributed by atoms with Crippen molar-refractivity contribution in [1.29, 1.82) is 0 Å². The number of amides is 2. The largest absolute Gasteiger partial charge is 0.446 e. The fraction of sp³-hybridized carbons (Fsp3) is 0.609. The summed E-state index contributed by atoms with van der Waals surface area (Å²) in [6.45, 7) is 15.2. The molecule has 1 aromatic rings. The number of nitrogens with zero attached hydrogens (tertiary/aromatic N) is 1. The quantitative estimate of drug-likeness (QED) is 0.522. The number of benzene rings is 1. The maximum absolute atomic E-state index is 13.1. The van der Waals surface area contributed by atoms with Crippen molar-refractivity contribution in [2.75, 3.05) is 6.61 Å². The number of likely N-dealkylation sites (tertiary alicyclic amines) is 1. The van der Waals surface area contributed by atoms with Gasteiger partial charge in [-0.3, -0.25) is 4.79 Å². The zero-order valence-corrected chi connectivity index (χ0v) is 21.2. The molecule has 0 saturated carbocycles. The molecule has 2 amide bonds. The minimum absolute atomic E-state index is 0.0813. The van der Waals surface area contributed by atoms with Crippen molar-refractivity contribution in [2.24, 2.45) is 0 Å². The van der Waals surface area contributed by atoms with Gasteiger partial charge in [-0.1, -0.05) is 39.0 Å². The van der Waals surface area contributed by atoms with Crippen LogP contribution in [0, 0.1) is 0 Å². The Morgan fingerprint density at radius 1 is 1.06 bits per heavy atom. The highest BCUT2D eigenvalue weighted by Gasteiger charge is 2.54. The van der Waals surface area contributed by atoms with Gasteiger partial charge in [0.05, 0.1) is 18.2 Å². The Morgan fingerprint density at radius 2 is 1.62 bits per heavy atom. The predicted molar refractivity (Wildman–Crippen MR) is 122 cm³/mol. The molecular formula is C23H35NO7Si. The van der Waals surface area contributed by atoms with E-state index < -0.39 is 50.1 Å². The Hall–Kier alpha value is -2.23. The first-order valence-corrected chi connectivity index (χ1v) is 13.6. The second kappa shape index (κ2) is 9.33. The van der Waals surface area contributed by atoms with Gasteiger partial charge in [-0.2, -0.15) is 0 Å². The fourth-order valence-corrected chi connectivity index (χ4v) is 3.92. The highest BCUT2D eigenvalue weighted by atomic mass is 28.4. The molecule has 0 aromatic heterocycles. The molecule has 0 aliphatic carbocycles. The number of rotatable bonds is 5. The van der Waals surface area contributed by atoms with E-state index in [2.05, 4.69) is 20.8 Å². The minimum Gasteiger partial charge on any atom is -0.446 e. The Kier molecular flexibility index (Phi) is 7.58. The van der Waals surface area contributed by atoms with Crippen LogP contribution in [0.2, 0.25) is 18.1 Å². The predicted octanol–water partition coefficient (Wildman–Crippen LogP) is 3.74. The molecule has 3 atom stereocenters. The molecule has 178 valence electrons. The maximum atomic E-state index is 13.1. The van der Waals surface area contributed by atoms with Crippen LogP contribution in [0.4, 0.5) is 4.79 Å². The molecule has 9 heteroatoms. The third kappa shape index (κ3) is 5.96. The van der Waals surface area contributed by atoms with Crippen LogP contribution in [0.15, 0.2) is 30.3 Å². The van der Waals surface area contributed by atoms with E-state index in [1.54, 1.807) is 39.0 Å². The second-order valence-electron chi connectivity index (χ2n) is 10.5. The van der Waals surface area contributed by atoms with E-state index in [0.29, 0.717) is 0 Å². The topological polar surface area (TPSA) is 102 Å². The van der Waals surface area contributed by atoms with Gasteiger partial charge in [-0.25, -0.2) is 14.5 Å². The number of hydrogen-bond acceptors (Lipinski definition) is 7. The first-order chi connectivity index (χ1) is 14.5. The maximum Gasteiger partial charge on any atom is 0.417 e. The van der Waals surface area contributed by atoms with E-state index in [4.69, 9.17) is 13.9 Å². The van der Waals surface area contributed by atoms with Crippen molar-refractivity contribution in [3.8, 4) is 0 Å². The highest BCUT2D eigenvalue weighted by Crippen LogP contribution is 2.37. The summed E-state index contributed by atoms with van der Waals surface area (Å²) in [6.07, 6.45) is -3.90. The normalized spacial score (nSPS) is 22.1. The molecule has 1 aliphatic rings. The van der Waals surface area contributed by atoms with Crippen LogP contribution in [0.1, 0.15) is 51.9 Å². The number of ether oxygens (including phenoxy) is 2. The van der Waals surface area contributed by atoms with E-state index in [1.807, 2.05) is 13.1 Å². The van der Waals surface area contributed by atoms with Crippen LogP contribution in [0.25, 0.3) is 0 Å². The van der Waals surface area contributed by atoms with Crippen LogP contribution in [0.3, 0.4) is 0 Å². The summed E-state index contributed by atoms with van der Waals surface area (Å²) >= 11 is 0. The number of esters is 1. The van der Waals surface area contributed by atoms with Crippen LogP contribution in [0.5, 0.6) is 0 Å². The molecule has 1 fully saturated rings. The first-order valence-electron chi connectivity index (χ1n) is 10.7. The lowest BCUT2D eigenvalue weighted by Crippen LogP contribution is -2.50. The number of carbonyl (C=O) groups is 3. The van der Waals surface area contributed by atoms with Crippen molar-refractivity contribution in [2.45, 2.75) is 83.5 Å². The summed E-state index contributed by atoms with van der Waals surface area (Å²) in [7, 11) is -2.25. The summed E-state index contributed by atoms with van der Waals surface area (Å²) in [5.41, 5.74) is -0.622. The van der Waals surface area contributed by atoms with Crippen molar-refractivity contribution in [3.05, 3.63) is 35.9 Å². The van der Waals surface area contributed by atoms with Gasteiger partial charge in [0, 0.05) is 0 Å². The van der Waals surface area contributed by atoms with E-state index in [9.17, 15) is 19.5 Å². The number of carbonyl (C=O) groups excluding carboxylic acids is 3. The van der Waals surface area contributed by atoms with Crippen molar-refractivity contribution >= 4 is 26.3 Å². The first kappa shape index (κ1) is 26.0. The molecule has 0 spiro atoms. The van der Waals surface area contributed by atoms with Crippen LogP contribution in [-0.2, 0) is 18.7 Å². The van der Waals surface area contributed by atoms with Crippen LogP contribution >= 0.6 is 0 Å². The molecule has 1 aromatic carbocycles. The molecular weight excluding hydrogens is 430 g/mol. The smallest absolute Gasteiger partial charge is 0.417 e. The average Bonchev–Trinajstić information content (AvgIpc) is 2.89. The summed E-state index contributed by atoms with van der Waals surface area (Å²) in [5, 5.41) is 10.8. The number of aliphatic hydroxyl groups is 1.